The van der Waals surface area contributed by atoms with Crippen LogP contribution in [0, 0.1) is 0 Å². The molecule has 3 rings (SSSR count). The Morgan fingerprint density at radius 2 is 2.00 bits per heavy atom. The summed E-state index contributed by atoms with van der Waals surface area (Å²) in [4.78, 5) is 25.4. The number of aromatic amines is 1. The number of rotatable bonds is 3. The van der Waals surface area contributed by atoms with Crippen molar-refractivity contribution in [3.8, 4) is 0 Å². The number of nitrogens with one attached hydrogen (secondary N) is 1. The predicted octanol–water partition coefficient (Wildman–Crippen LogP) is -1.73. The van der Waals surface area contributed by atoms with Crippen molar-refractivity contribution in [1.29, 1.82) is 0 Å². The fourth-order valence-electron chi connectivity index (χ4n) is 2.59. The molecule has 1 unspecified atom stereocenters. The van der Waals surface area contributed by atoms with Gasteiger partial charge < -0.3 is 20.1 Å². The van der Waals surface area contributed by atoms with Gasteiger partial charge in [-0.05, 0) is 0 Å². The van der Waals surface area contributed by atoms with Crippen LogP contribution in [0.1, 0.15) is 24.1 Å². The standard InChI is InChI=1S/C12H14F2N2O6/c13-12(14)1-6(12)16-2-4(10(20)15-11(16)21)9-8(19)7(18)5(3-17)22-9/h2,5-9,17-19H,1,3H2,(H,15,20,21)/t5-,6?,7-,8-,9+/m1/s1. The fraction of sp³-hybridized carbons (Fsp3) is 0.667. The Morgan fingerprint density at radius 3 is 2.50 bits per heavy atom. The Kier molecular flexibility index (Phi) is 3.44. The number of aliphatic hydroxyl groups excluding tert-OH is 3. The van der Waals surface area contributed by atoms with Crippen molar-refractivity contribution in [3.05, 3.63) is 32.6 Å². The summed E-state index contributed by atoms with van der Waals surface area (Å²) in [7, 11) is 0. The van der Waals surface area contributed by atoms with Crippen molar-refractivity contribution in [1.82, 2.24) is 9.55 Å². The molecule has 2 aliphatic rings. The number of H-pyrrole nitrogens is 1. The second-order valence-electron chi connectivity index (χ2n) is 5.49. The molecule has 0 amide bonds. The summed E-state index contributed by atoms with van der Waals surface area (Å²) in [6.07, 6.45) is -5.00. The van der Waals surface area contributed by atoms with Gasteiger partial charge in [0.15, 0.2) is 0 Å². The minimum absolute atomic E-state index is 0.259. The lowest BCUT2D eigenvalue weighted by molar-refractivity contribution is -0.0234. The molecule has 0 aromatic carbocycles. The second kappa shape index (κ2) is 4.95. The summed E-state index contributed by atoms with van der Waals surface area (Å²) in [6.45, 7) is -0.590. The number of halogens is 2. The van der Waals surface area contributed by atoms with Crippen LogP contribution in [0.25, 0.3) is 0 Å². The molecule has 0 spiro atoms. The molecule has 5 atom stereocenters. The SMILES string of the molecule is O=c1[nH]c(=O)n(C2CC2(F)F)cc1[C@@H]1O[C@H](CO)[C@@H](O)[C@H]1O. The molecule has 2 fully saturated rings. The number of nitrogens with zero attached hydrogens (tertiary/aromatic N) is 1. The van der Waals surface area contributed by atoms with Gasteiger partial charge >= 0.3 is 5.69 Å². The van der Waals surface area contributed by atoms with Gasteiger partial charge in [0, 0.05) is 12.6 Å². The lowest BCUT2D eigenvalue weighted by Crippen LogP contribution is -2.36. The molecule has 8 nitrogen and oxygen atoms in total. The Hall–Kier alpha value is -1.62. The lowest BCUT2D eigenvalue weighted by Gasteiger charge is -2.15. The monoisotopic (exact) mass is 320 g/mol. The number of aromatic nitrogens is 2. The average molecular weight is 320 g/mol. The zero-order valence-electron chi connectivity index (χ0n) is 11.1. The van der Waals surface area contributed by atoms with E-state index in [4.69, 9.17) is 9.84 Å². The first-order valence-corrected chi connectivity index (χ1v) is 6.62. The van der Waals surface area contributed by atoms with E-state index in [9.17, 15) is 28.6 Å². The molecule has 1 aliphatic heterocycles. The number of hydrogen-bond donors (Lipinski definition) is 4. The number of hydrogen-bond acceptors (Lipinski definition) is 6. The first-order valence-electron chi connectivity index (χ1n) is 6.62. The minimum atomic E-state index is -3.03. The molecule has 1 aromatic heterocycles. The normalized spacial score (nSPS) is 36.5. The predicted molar refractivity (Wildman–Crippen MR) is 66.6 cm³/mol. The third-order valence-electron chi connectivity index (χ3n) is 3.97. The minimum Gasteiger partial charge on any atom is -0.394 e. The zero-order valence-corrected chi connectivity index (χ0v) is 11.1. The van der Waals surface area contributed by atoms with E-state index in [1.807, 2.05) is 4.98 Å². The van der Waals surface area contributed by atoms with Crippen molar-refractivity contribution in [2.45, 2.75) is 42.8 Å². The van der Waals surface area contributed by atoms with Crippen molar-refractivity contribution in [2.75, 3.05) is 6.61 Å². The van der Waals surface area contributed by atoms with Crippen LogP contribution in [-0.4, -0.2) is 55.7 Å². The van der Waals surface area contributed by atoms with Gasteiger partial charge in [0.05, 0.1) is 12.2 Å². The van der Waals surface area contributed by atoms with Crippen LogP contribution in [0.2, 0.25) is 0 Å². The Morgan fingerprint density at radius 1 is 1.36 bits per heavy atom. The maximum absolute atomic E-state index is 13.1. The van der Waals surface area contributed by atoms with Gasteiger partial charge in [-0.3, -0.25) is 14.3 Å². The van der Waals surface area contributed by atoms with Crippen molar-refractivity contribution in [2.24, 2.45) is 0 Å². The number of alkyl halides is 2. The molecule has 10 heteroatoms. The molecule has 122 valence electrons. The Balaban J connectivity index is 2.00. The molecule has 0 radical (unpaired) electrons. The van der Waals surface area contributed by atoms with E-state index in [-0.39, 0.29) is 5.56 Å². The van der Waals surface area contributed by atoms with E-state index in [2.05, 4.69) is 0 Å². The first kappa shape index (κ1) is 15.3. The molecular weight excluding hydrogens is 306 g/mol. The van der Waals surface area contributed by atoms with Gasteiger partial charge in [0.25, 0.3) is 11.5 Å². The maximum atomic E-state index is 13.1. The van der Waals surface area contributed by atoms with E-state index >= 15 is 0 Å². The molecule has 0 bridgehead atoms. The van der Waals surface area contributed by atoms with Crippen LogP contribution in [-0.2, 0) is 4.74 Å². The van der Waals surface area contributed by atoms with Gasteiger partial charge in [-0.2, -0.15) is 0 Å². The zero-order chi connectivity index (χ0) is 16.2. The van der Waals surface area contributed by atoms with Crippen LogP contribution >= 0.6 is 0 Å². The van der Waals surface area contributed by atoms with Crippen LogP contribution in [0.3, 0.4) is 0 Å². The van der Waals surface area contributed by atoms with E-state index in [1.165, 1.54) is 0 Å². The molecule has 1 aliphatic carbocycles. The second-order valence-corrected chi connectivity index (χ2v) is 5.49. The molecule has 22 heavy (non-hydrogen) atoms. The Bertz CT molecular complexity index is 702. The molecule has 2 heterocycles. The van der Waals surface area contributed by atoms with Gasteiger partial charge in [-0.25, -0.2) is 13.6 Å². The smallest absolute Gasteiger partial charge is 0.328 e. The molecule has 4 N–H and O–H groups in total. The summed E-state index contributed by atoms with van der Waals surface area (Å²) >= 11 is 0. The van der Waals surface area contributed by atoms with Crippen LogP contribution < -0.4 is 11.2 Å². The number of ether oxygens (including phenoxy) is 1. The maximum Gasteiger partial charge on any atom is 0.328 e. The van der Waals surface area contributed by atoms with E-state index < -0.39 is 60.7 Å². The van der Waals surface area contributed by atoms with Gasteiger partial charge in [0.1, 0.15) is 30.5 Å². The van der Waals surface area contributed by atoms with Gasteiger partial charge in [-0.15, -0.1) is 0 Å². The third kappa shape index (κ3) is 2.28. The lowest BCUT2D eigenvalue weighted by atomic mass is 10.0. The van der Waals surface area contributed by atoms with E-state index in [0.29, 0.717) is 4.57 Å². The van der Waals surface area contributed by atoms with Crippen LogP contribution in [0.5, 0.6) is 0 Å². The average Bonchev–Trinajstić information content (AvgIpc) is 2.98. The van der Waals surface area contributed by atoms with Crippen molar-refractivity contribution in [3.63, 3.8) is 0 Å². The van der Waals surface area contributed by atoms with Gasteiger partial charge in [-0.1, -0.05) is 0 Å². The Labute approximate surface area is 121 Å². The molecule has 1 aromatic rings. The van der Waals surface area contributed by atoms with E-state index in [0.717, 1.165) is 6.20 Å². The first-order chi connectivity index (χ1) is 10.3. The summed E-state index contributed by atoms with van der Waals surface area (Å²) < 4.78 is 32.1. The summed E-state index contributed by atoms with van der Waals surface area (Å²) in [5.74, 6) is -3.03. The third-order valence-corrected chi connectivity index (χ3v) is 3.97. The quantitative estimate of drug-likeness (QED) is 0.525. The largest absolute Gasteiger partial charge is 0.394 e. The number of aliphatic hydroxyl groups is 3. The molecule has 1 saturated heterocycles. The molecular formula is C12H14F2N2O6. The van der Waals surface area contributed by atoms with Crippen molar-refractivity contribution >= 4 is 0 Å². The highest BCUT2D eigenvalue weighted by Crippen LogP contribution is 2.51. The molecule has 1 saturated carbocycles. The highest BCUT2D eigenvalue weighted by atomic mass is 19.3. The van der Waals surface area contributed by atoms with Crippen LogP contribution in [0.15, 0.2) is 15.8 Å². The highest BCUT2D eigenvalue weighted by molar-refractivity contribution is 5.16. The van der Waals surface area contributed by atoms with Gasteiger partial charge in [0.2, 0.25) is 0 Å². The topological polar surface area (TPSA) is 125 Å². The van der Waals surface area contributed by atoms with E-state index in [1.54, 1.807) is 0 Å². The summed E-state index contributed by atoms with van der Waals surface area (Å²) in [6, 6.07) is -1.35. The van der Waals surface area contributed by atoms with Crippen LogP contribution in [0.4, 0.5) is 8.78 Å². The highest BCUT2D eigenvalue weighted by Gasteiger charge is 2.59. The summed E-state index contributed by atoms with van der Waals surface area (Å²) in [5, 5.41) is 28.6. The summed E-state index contributed by atoms with van der Waals surface area (Å²) in [5.41, 5.74) is -2.15. The fourth-order valence-corrected chi connectivity index (χ4v) is 2.59. The van der Waals surface area contributed by atoms with Crippen molar-refractivity contribution < 1.29 is 28.8 Å².